The molecule has 0 aliphatic rings. The number of rotatable bonds is 10. The van der Waals surface area contributed by atoms with Gasteiger partial charge in [-0.3, -0.25) is 9.48 Å². The molecule has 7 nitrogen and oxygen atoms in total. The Labute approximate surface area is 166 Å². The zero-order chi connectivity index (χ0) is 20.5. The molecule has 0 aliphatic carbocycles. The highest BCUT2D eigenvalue weighted by molar-refractivity contribution is 5.74. The van der Waals surface area contributed by atoms with Crippen molar-refractivity contribution in [1.82, 2.24) is 20.4 Å². The second-order valence-corrected chi connectivity index (χ2v) is 7.10. The number of nitrogens with zero attached hydrogens (tertiary/aromatic N) is 2. The highest BCUT2D eigenvalue weighted by atomic mass is 16.4. The molecule has 1 aromatic carbocycles. The van der Waals surface area contributed by atoms with Crippen LogP contribution in [0.5, 0.6) is 0 Å². The summed E-state index contributed by atoms with van der Waals surface area (Å²) in [6, 6.07) is 9.28. The monoisotopic (exact) mass is 386 g/mol. The molecule has 28 heavy (non-hydrogen) atoms. The number of aromatic nitrogens is 2. The third kappa shape index (κ3) is 6.72. The van der Waals surface area contributed by atoms with Gasteiger partial charge in [-0.2, -0.15) is 5.10 Å². The van der Waals surface area contributed by atoms with Gasteiger partial charge in [-0.15, -0.1) is 0 Å². The van der Waals surface area contributed by atoms with Crippen LogP contribution >= 0.6 is 0 Å². The first-order chi connectivity index (χ1) is 13.4. The van der Waals surface area contributed by atoms with Gasteiger partial charge in [-0.05, 0) is 50.7 Å². The molecule has 2 aromatic rings. The van der Waals surface area contributed by atoms with Crippen molar-refractivity contribution >= 4 is 12.0 Å². The van der Waals surface area contributed by atoms with Crippen molar-refractivity contribution in [3.8, 4) is 0 Å². The van der Waals surface area contributed by atoms with Crippen molar-refractivity contribution < 1.29 is 14.7 Å². The first-order valence-electron chi connectivity index (χ1n) is 9.66. The van der Waals surface area contributed by atoms with E-state index >= 15 is 0 Å². The predicted octanol–water partition coefficient (Wildman–Crippen LogP) is 2.74. The van der Waals surface area contributed by atoms with E-state index in [9.17, 15) is 9.59 Å². The van der Waals surface area contributed by atoms with Gasteiger partial charge >= 0.3 is 12.0 Å². The van der Waals surface area contributed by atoms with E-state index in [4.69, 9.17) is 5.11 Å². The molecular formula is C21H30N4O3. The van der Waals surface area contributed by atoms with Crippen LogP contribution < -0.4 is 10.6 Å². The van der Waals surface area contributed by atoms with Gasteiger partial charge in [0.1, 0.15) is 0 Å². The van der Waals surface area contributed by atoms with Crippen molar-refractivity contribution in [3.05, 3.63) is 52.8 Å². The zero-order valence-corrected chi connectivity index (χ0v) is 16.9. The van der Waals surface area contributed by atoms with E-state index in [2.05, 4.69) is 15.7 Å². The lowest BCUT2D eigenvalue weighted by Gasteiger charge is -2.19. The molecule has 0 saturated carbocycles. The number of benzene rings is 1. The SMILES string of the molecule is Cc1nn(C)c(C)c1CCCNC(=O)NC(CCC(=O)O)Cc1ccccc1. The Morgan fingerprint density at radius 1 is 1.21 bits per heavy atom. The second-order valence-electron chi connectivity index (χ2n) is 7.10. The van der Waals surface area contributed by atoms with Crippen LogP contribution in [0.1, 0.15) is 41.8 Å². The van der Waals surface area contributed by atoms with Crippen molar-refractivity contribution in [2.75, 3.05) is 6.54 Å². The molecule has 3 N–H and O–H groups in total. The van der Waals surface area contributed by atoms with Crippen LogP contribution in [0.15, 0.2) is 30.3 Å². The number of urea groups is 1. The number of carbonyl (C=O) groups excluding carboxylic acids is 1. The number of amides is 2. The number of hydrogen-bond donors (Lipinski definition) is 3. The van der Waals surface area contributed by atoms with Crippen LogP contribution in [-0.2, 0) is 24.7 Å². The van der Waals surface area contributed by atoms with Crippen LogP contribution in [0.2, 0.25) is 0 Å². The van der Waals surface area contributed by atoms with E-state index in [-0.39, 0.29) is 18.5 Å². The Kier molecular flexibility index (Phi) is 8.04. The standard InChI is InChI=1S/C21H30N4O3/c1-15-19(16(2)25(3)24-15)10-7-13-22-21(28)23-18(11-12-20(26)27)14-17-8-5-4-6-9-17/h4-6,8-9,18H,7,10-14H2,1-3H3,(H,26,27)(H2,22,23,28). The average molecular weight is 386 g/mol. The Morgan fingerprint density at radius 3 is 2.54 bits per heavy atom. The van der Waals surface area contributed by atoms with Crippen LogP contribution in [-0.4, -0.2) is 39.5 Å². The molecule has 0 saturated heterocycles. The molecule has 2 amide bonds. The minimum absolute atomic E-state index is 0.0251. The van der Waals surface area contributed by atoms with Crippen molar-refractivity contribution in [2.45, 2.75) is 52.0 Å². The van der Waals surface area contributed by atoms with Crippen LogP contribution in [0.4, 0.5) is 4.79 Å². The summed E-state index contributed by atoms with van der Waals surface area (Å²) in [6.07, 6.45) is 2.70. The molecule has 0 spiro atoms. The molecular weight excluding hydrogens is 356 g/mol. The van der Waals surface area contributed by atoms with E-state index in [1.54, 1.807) is 0 Å². The average Bonchev–Trinajstić information content (AvgIpc) is 2.89. The van der Waals surface area contributed by atoms with Crippen LogP contribution in [0.3, 0.4) is 0 Å². The Bertz CT molecular complexity index is 786. The second kappa shape index (κ2) is 10.5. The molecule has 0 bridgehead atoms. The van der Waals surface area contributed by atoms with E-state index < -0.39 is 5.97 Å². The molecule has 1 atom stereocenters. The Morgan fingerprint density at radius 2 is 1.93 bits per heavy atom. The first-order valence-corrected chi connectivity index (χ1v) is 9.66. The number of aliphatic carboxylic acids is 1. The normalized spacial score (nSPS) is 11.8. The number of aryl methyl sites for hydroxylation is 2. The molecule has 0 radical (unpaired) electrons. The largest absolute Gasteiger partial charge is 0.481 e. The molecule has 1 unspecified atom stereocenters. The smallest absolute Gasteiger partial charge is 0.315 e. The lowest BCUT2D eigenvalue weighted by atomic mass is 10.0. The summed E-state index contributed by atoms with van der Waals surface area (Å²) < 4.78 is 1.88. The van der Waals surface area contributed by atoms with E-state index in [1.807, 2.05) is 55.9 Å². The van der Waals surface area contributed by atoms with Gasteiger partial charge < -0.3 is 15.7 Å². The first kappa shape index (κ1) is 21.5. The number of hydrogen-bond acceptors (Lipinski definition) is 3. The summed E-state index contributed by atoms with van der Waals surface area (Å²) in [5, 5.41) is 19.2. The number of carboxylic acid groups (broad SMARTS) is 1. The maximum atomic E-state index is 12.3. The zero-order valence-electron chi connectivity index (χ0n) is 16.9. The van der Waals surface area contributed by atoms with Crippen LogP contribution in [0, 0.1) is 13.8 Å². The summed E-state index contributed by atoms with van der Waals surface area (Å²) in [4.78, 5) is 23.2. The van der Waals surface area contributed by atoms with Crippen LogP contribution in [0.25, 0.3) is 0 Å². The Hall–Kier alpha value is -2.83. The van der Waals surface area contributed by atoms with Gasteiger partial charge in [-0.1, -0.05) is 30.3 Å². The molecule has 152 valence electrons. The van der Waals surface area contributed by atoms with Gasteiger partial charge in [0.05, 0.1) is 5.69 Å². The summed E-state index contributed by atoms with van der Waals surface area (Å²) in [5.74, 6) is -0.859. The van der Waals surface area contributed by atoms with E-state index in [0.717, 1.165) is 29.8 Å². The molecule has 1 heterocycles. The lowest BCUT2D eigenvalue weighted by molar-refractivity contribution is -0.137. The molecule has 0 aliphatic heterocycles. The van der Waals surface area contributed by atoms with Gasteiger partial charge in [0.25, 0.3) is 0 Å². The maximum Gasteiger partial charge on any atom is 0.315 e. The third-order valence-electron chi connectivity index (χ3n) is 4.91. The molecule has 0 fully saturated rings. The highest BCUT2D eigenvalue weighted by Crippen LogP contribution is 2.13. The molecule has 2 rings (SSSR count). The Balaban J connectivity index is 1.80. The number of nitrogens with one attached hydrogen (secondary N) is 2. The summed E-state index contributed by atoms with van der Waals surface area (Å²) >= 11 is 0. The maximum absolute atomic E-state index is 12.3. The fourth-order valence-electron chi connectivity index (χ4n) is 3.30. The molecule has 1 aromatic heterocycles. The van der Waals surface area contributed by atoms with Crippen molar-refractivity contribution in [1.29, 1.82) is 0 Å². The van der Waals surface area contributed by atoms with Crippen molar-refractivity contribution in [2.24, 2.45) is 7.05 Å². The number of carboxylic acids is 1. The molecule has 7 heteroatoms. The summed E-state index contributed by atoms with van der Waals surface area (Å²) in [7, 11) is 1.93. The highest BCUT2D eigenvalue weighted by Gasteiger charge is 2.15. The topological polar surface area (TPSA) is 96.3 Å². The van der Waals surface area contributed by atoms with Gasteiger partial charge in [0.2, 0.25) is 0 Å². The fraction of sp³-hybridized carbons (Fsp3) is 0.476. The quantitative estimate of drug-likeness (QED) is 0.547. The minimum Gasteiger partial charge on any atom is -0.481 e. The van der Waals surface area contributed by atoms with Gasteiger partial charge in [-0.25, -0.2) is 4.79 Å². The predicted molar refractivity (Wildman–Crippen MR) is 108 cm³/mol. The fourth-order valence-corrected chi connectivity index (χ4v) is 3.30. The summed E-state index contributed by atoms with van der Waals surface area (Å²) in [6.45, 7) is 4.60. The number of carbonyl (C=O) groups is 2. The van der Waals surface area contributed by atoms with E-state index in [0.29, 0.717) is 19.4 Å². The lowest BCUT2D eigenvalue weighted by Crippen LogP contribution is -2.43. The van der Waals surface area contributed by atoms with Gasteiger partial charge in [0, 0.05) is 31.7 Å². The third-order valence-corrected chi connectivity index (χ3v) is 4.91. The van der Waals surface area contributed by atoms with E-state index in [1.165, 1.54) is 5.56 Å². The minimum atomic E-state index is -0.859. The van der Waals surface area contributed by atoms with Gasteiger partial charge in [0.15, 0.2) is 0 Å². The van der Waals surface area contributed by atoms with Crippen molar-refractivity contribution in [3.63, 3.8) is 0 Å². The summed E-state index contributed by atoms with van der Waals surface area (Å²) in [5.41, 5.74) is 4.48.